The van der Waals surface area contributed by atoms with Crippen LogP contribution in [0.15, 0.2) is 0 Å². The van der Waals surface area contributed by atoms with Gasteiger partial charge in [0, 0.05) is 12.8 Å². The van der Waals surface area contributed by atoms with Crippen molar-refractivity contribution >= 4 is 23.8 Å². The second kappa shape index (κ2) is 10.4. The number of primary amides is 1. The van der Waals surface area contributed by atoms with E-state index in [9.17, 15) is 19.2 Å². The van der Waals surface area contributed by atoms with Crippen molar-refractivity contribution in [1.29, 1.82) is 0 Å². The van der Waals surface area contributed by atoms with E-state index >= 15 is 0 Å². The van der Waals surface area contributed by atoms with Gasteiger partial charge in [0.25, 0.3) is 0 Å². The van der Waals surface area contributed by atoms with Crippen LogP contribution in [0.3, 0.4) is 0 Å². The number of nitrogens with one attached hydrogen (secondary N) is 1. The van der Waals surface area contributed by atoms with Gasteiger partial charge in [-0.2, -0.15) is 0 Å². The highest BCUT2D eigenvalue weighted by molar-refractivity contribution is 5.82. The van der Waals surface area contributed by atoms with Crippen LogP contribution in [-0.2, 0) is 19.2 Å². The van der Waals surface area contributed by atoms with E-state index in [1.165, 1.54) is 5.48 Å². The Kier molecular flexibility index (Phi) is 10.5. The molecular formula is C8H14N2O7. The maximum atomic E-state index is 10.1. The molecule has 0 fully saturated rings. The normalized spacial score (nSPS) is 8.53. The SMILES string of the molecule is NC(=O)CCC(=O)NO.O=C(O)CCC(=O)O. The third kappa shape index (κ3) is 20.0. The highest BCUT2D eigenvalue weighted by atomic mass is 16.5. The lowest BCUT2D eigenvalue weighted by Gasteiger charge is -1.92. The number of hydroxylamine groups is 1. The van der Waals surface area contributed by atoms with Crippen molar-refractivity contribution in [2.45, 2.75) is 25.7 Å². The van der Waals surface area contributed by atoms with E-state index in [1.807, 2.05) is 0 Å². The van der Waals surface area contributed by atoms with Crippen LogP contribution in [0.4, 0.5) is 0 Å². The lowest BCUT2D eigenvalue weighted by molar-refractivity contribution is -0.143. The number of carbonyl (C=O) groups excluding carboxylic acids is 2. The molecule has 9 heteroatoms. The first-order valence-electron chi connectivity index (χ1n) is 4.44. The molecular weight excluding hydrogens is 236 g/mol. The number of aliphatic carboxylic acids is 2. The van der Waals surface area contributed by atoms with Gasteiger partial charge in [-0.25, -0.2) is 5.48 Å². The molecule has 17 heavy (non-hydrogen) atoms. The summed E-state index contributed by atoms with van der Waals surface area (Å²) in [6.45, 7) is 0. The Hall–Kier alpha value is -2.16. The predicted octanol–water partition coefficient (Wildman–Crippen LogP) is -1.31. The number of hydrogen-bond acceptors (Lipinski definition) is 5. The number of carboxylic acid groups (broad SMARTS) is 2. The summed E-state index contributed by atoms with van der Waals surface area (Å²) in [5, 5.41) is 23.7. The van der Waals surface area contributed by atoms with Gasteiger partial charge in [-0.3, -0.25) is 24.4 Å². The zero-order chi connectivity index (χ0) is 13.8. The molecule has 0 unspecified atom stereocenters. The topological polar surface area (TPSA) is 167 Å². The third-order valence-electron chi connectivity index (χ3n) is 1.28. The summed E-state index contributed by atoms with van der Waals surface area (Å²) in [6, 6.07) is 0. The molecule has 0 aromatic rings. The quantitative estimate of drug-likeness (QED) is 0.288. The molecule has 0 saturated carbocycles. The molecule has 0 aromatic carbocycles. The number of hydrogen-bond donors (Lipinski definition) is 5. The fourth-order valence-electron chi connectivity index (χ4n) is 0.506. The summed E-state index contributed by atoms with van der Waals surface area (Å²) in [5.74, 6) is -3.31. The number of carbonyl (C=O) groups is 4. The minimum absolute atomic E-state index is 0.0353. The Morgan fingerprint density at radius 2 is 1.29 bits per heavy atom. The molecule has 0 atom stereocenters. The van der Waals surface area contributed by atoms with Gasteiger partial charge in [-0.15, -0.1) is 0 Å². The van der Waals surface area contributed by atoms with Gasteiger partial charge in [-0.05, 0) is 0 Å². The van der Waals surface area contributed by atoms with E-state index in [1.54, 1.807) is 0 Å². The molecule has 0 bridgehead atoms. The van der Waals surface area contributed by atoms with Crippen molar-refractivity contribution in [3.8, 4) is 0 Å². The second-order valence-electron chi connectivity index (χ2n) is 2.79. The first kappa shape index (κ1) is 17.2. The van der Waals surface area contributed by atoms with Crippen molar-refractivity contribution < 1.29 is 34.6 Å². The number of rotatable bonds is 6. The Morgan fingerprint density at radius 1 is 0.882 bits per heavy atom. The minimum atomic E-state index is -1.08. The van der Waals surface area contributed by atoms with Crippen LogP contribution in [0.25, 0.3) is 0 Å². The maximum Gasteiger partial charge on any atom is 0.303 e. The molecule has 0 rings (SSSR count). The van der Waals surface area contributed by atoms with Crippen molar-refractivity contribution in [3.05, 3.63) is 0 Å². The van der Waals surface area contributed by atoms with E-state index in [0.717, 1.165) is 0 Å². The molecule has 2 amide bonds. The third-order valence-corrected chi connectivity index (χ3v) is 1.28. The molecule has 0 aliphatic heterocycles. The molecule has 9 nitrogen and oxygen atoms in total. The number of nitrogens with two attached hydrogens (primary N) is 1. The van der Waals surface area contributed by atoms with Crippen molar-refractivity contribution in [2.75, 3.05) is 0 Å². The van der Waals surface area contributed by atoms with Crippen LogP contribution in [0, 0.1) is 0 Å². The molecule has 98 valence electrons. The van der Waals surface area contributed by atoms with E-state index in [-0.39, 0.29) is 25.7 Å². The summed E-state index contributed by atoms with van der Waals surface area (Å²) >= 11 is 0. The van der Waals surface area contributed by atoms with Crippen molar-refractivity contribution in [3.63, 3.8) is 0 Å². The van der Waals surface area contributed by atoms with Crippen LogP contribution in [0.2, 0.25) is 0 Å². The first-order valence-corrected chi connectivity index (χ1v) is 4.44. The molecule has 0 radical (unpaired) electrons. The fraction of sp³-hybridized carbons (Fsp3) is 0.500. The monoisotopic (exact) mass is 250 g/mol. The largest absolute Gasteiger partial charge is 0.481 e. The van der Waals surface area contributed by atoms with Gasteiger partial charge in [-0.1, -0.05) is 0 Å². The molecule has 0 heterocycles. The lowest BCUT2D eigenvalue weighted by atomic mass is 10.3. The molecule has 0 aliphatic carbocycles. The zero-order valence-corrected chi connectivity index (χ0v) is 8.88. The maximum absolute atomic E-state index is 10.1. The number of carboxylic acids is 2. The van der Waals surface area contributed by atoms with Gasteiger partial charge >= 0.3 is 11.9 Å². The van der Waals surface area contributed by atoms with Crippen molar-refractivity contribution in [2.24, 2.45) is 5.73 Å². The van der Waals surface area contributed by atoms with Crippen LogP contribution < -0.4 is 11.2 Å². The predicted molar refractivity (Wildman–Crippen MR) is 52.9 cm³/mol. The molecule has 0 spiro atoms. The van der Waals surface area contributed by atoms with E-state index in [0.29, 0.717) is 0 Å². The summed E-state index contributed by atoms with van der Waals surface area (Å²) < 4.78 is 0. The van der Waals surface area contributed by atoms with Crippen LogP contribution in [0.1, 0.15) is 25.7 Å². The van der Waals surface area contributed by atoms with Crippen LogP contribution in [-0.4, -0.2) is 39.2 Å². The summed E-state index contributed by atoms with van der Waals surface area (Å²) in [6.07, 6.45) is -0.692. The fourth-order valence-corrected chi connectivity index (χ4v) is 0.506. The van der Waals surface area contributed by atoms with Crippen LogP contribution in [0.5, 0.6) is 0 Å². The first-order chi connectivity index (χ1) is 7.79. The van der Waals surface area contributed by atoms with Crippen LogP contribution >= 0.6 is 0 Å². The standard InChI is InChI=1S/C4H8N2O3.C4H6O4/c5-3(7)1-2-4(8)6-9;5-3(6)1-2-4(7)8/h9H,1-2H2,(H2,5,7)(H,6,8);1-2H2,(H,5,6)(H,7,8). The van der Waals surface area contributed by atoms with E-state index < -0.39 is 23.8 Å². The smallest absolute Gasteiger partial charge is 0.303 e. The summed E-state index contributed by atoms with van der Waals surface area (Å²) in [4.78, 5) is 39.4. The van der Waals surface area contributed by atoms with E-state index in [2.05, 4.69) is 0 Å². The summed E-state index contributed by atoms with van der Waals surface area (Å²) in [7, 11) is 0. The lowest BCUT2D eigenvalue weighted by Crippen LogP contribution is -2.21. The second-order valence-corrected chi connectivity index (χ2v) is 2.79. The van der Waals surface area contributed by atoms with Gasteiger partial charge in [0.1, 0.15) is 0 Å². The Labute approximate surface area is 96.2 Å². The molecule has 0 saturated heterocycles. The Balaban J connectivity index is 0. The Morgan fingerprint density at radius 3 is 1.53 bits per heavy atom. The highest BCUT2D eigenvalue weighted by Gasteiger charge is 2.01. The van der Waals surface area contributed by atoms with Crippen molar-refractivity contribution in [1.82, 2.24) is 5.48 Å². The molecule has 0 aromatic heterocycles. The average molecular weight is 250 g/mol. The van der Waals surface area contributed by atoms with Gasteiger partial charge < -0.3 is 15.9 Å². The molecule has 0 aliphatic rings. The minimum Gasteiger partial charge on any atom is -0.481 e. The van der Waals surface area contributed by atoms with E-state index in [4.69, 9.17) is 21.2 Å². The molecule has 6 N–H and O–H groups in total. The van der Waals surface area contributed by atoms with Gasteiger partial charge in [0.15, 0.2) is 0 Å². The van der Waals surface area contributed by atoms with Gasteiger partial charge in [0.2, 0.25) is 11.8 Å². The van der Waals surface area contributed by atoms with Gasteiger partial charge in [0.05, 0.1) is 12.8 Å². The highest BCUT2D eigenvalue weighted by Crippen LogP contribution is 1.86. The number of amides is 2. The Bertz CT molecular complexity index is 276. The summed E-state index contributed by atoms with van der Waals surface area (Å²) in [5.41, 5.74) is 6.07. The average Bonchev–Trinajstić information content (AvgIpc) is 2.23. The zero-order valence-electron chi connectivity index (χ0n) is 8.88.